The fourth-order valence-electron chi connectivity index (χ4n) is 4.04. The summed E-state index contributed by atoms with van der Waals surface area (Å²) >= 11 is 0. The zero-order chi connectivity index (χ0) is 15.8. The lowest BCUT2D eigenvalue weighted by molar-refractivity contribution is -0.142. The van der Waals surface area contributed by atoms with E-state index in [9.17, 15) is 9.59 Å². The van der Waals surface area contributed by atoms with Crippen LogP contribution < -0.4 is 0 Å². The van der Waals surface area contributed by atoms with Crippen molar-refractivity contribution < 1.29 is 14.3 Å². The normalized spacial score (nSPS) is 31.1. The van der Waals surface area contributed by atoms with Crippen molar-refractivity contribution in [3.8, 4) is 0 Å². The molecule has 3 aliphatic rings. The molecule has 3 fully saturated rings. The highest BCUT2D eigenvalue weighted by Crippen LogP contribution is 2.34. The summed E-state index contributed by atoms with van der Waals surface area (Å²) in [6.07, 6.45) is 2.02. The Kier molecular flexibility index (Phi) is 3.91. The Hall–Kier alpha value is -1.72. The highest BCUT2D eigenvalue weighted by atomic mass is 16.5. The summed E-state index contributed by atoms with van der Waals surface area (Å²) in [5, 5.41) is 0. The van der Waals surface area contributed by atoms with Gasteiger partial charge in [-0.15, -0.1) is 0 Å². The summed E-state index contributed by atoms with van der Waals surface area (Å²) in [5.41, 5.74) is 1.23. The maximum absolute atomic E-state index is 12.6. The standard InChI is InChI=1S/C18H22N2O3/c21-17-15-11-19(9-13-5-2-1-3-6-13)12-16(15)18(22)20(17)10-14-7-4-8-23-14/h1-3,5-6,14-16H,4,7-12H2/t14-,15-,16+/m0/s1. The van der Waals surface area contributed by atoms with Crippen molar-refractivity contribution in [2.75, 3.05) is 26.2 Å². The Morgan fingerprint density at radius 2 is 1.74 bits per heavy atom. The maximum Gasteiger partial charge on any atom is 0.234 e. The van der Waals surface area contributed by atoms with Gasteiger partial charge in [0.05, 0.1) is 24.5 Å². The first-order valence-electron chi connectivity index (χ1n) is 8.45. The fraction of sp³-hybridized carbons (Fsp3) is 0.556. The summed E-state index contributed by atoms with van der Waals surface area (Å²) in [5.74, 6) is -0.308. The molecule has 0 unspecified atom stereocenters. The third-order valence-corrected chi connectivity index (χ3v) is 5.22. The Balaban J connectivity index is 1.40. The lowest BCUT2D eigenvalue weighted by Crippen LogP contribution is -2.40. The van der Waals surface area contributed by atoms with Crippen molar-refractivity contribution in [3.63, 3.8) is 0 Å². The molecule has 0 spiro atoms. The minimum absolute atomic E-state index is 0.00561. The van der Waals surface area contributed by atoms with E-state index in [0.29, 0.717) is 19.6 Å². The Morgan fingerprint density at radius 3 is 2.35 bits per heavy atom. The number of hydrogen-bond donors (Lipinski definition) is 0. The molecule has 3 saturated heterocycles. The number of fused-ring (bicyclic) bond motifs is 1. The molecule has 3 aliphatic heterocycles. The molecule has 0 radical (unpaired) electrons. The van der Waals surface area contributed by atoms with E-state index >= 15 is 0 Å². The van der Waals surface area contributed by atoms with E-state index in [1.807, 2.05) is 18.2 Å². The van der Waals surface area contributed by atoms with Crippen LogP contribution in [0, 0.1) is 11.8 Å². The first-order valence-corrected chi connectivity index (χ1v) is 8.45. The minimum Gasteiger partial charge on any atom is -0.376 e. The van der Waals surface area contributed by atoms with Crippen LogP contribution in [0.25, 0.3) is 0 Å². The van der Waals surface area contributed by atoms with Gasteiger partial charge < -0.3 is 4.74 Å². The summed E-state index contributed by atoms with van der Waals surface area (Å²) in [6, 6.07) is 10.2. The molecule has 3 atom stereocenters. The second-order valence-electron chi connectivity index (χ2n) is 6.81. The topological polar surface area (TPSA) is 49.9 Å². The molecular formula is C18H22N2O3. The zero-order valence-corrected chi connectivity index (χ0v) is 13.2. The highest BCUT2D eigenvalue weighted by molar-refractivity contribution is 6.05. The van der Waals surface area contributed by atoms with Gasteiger partial charge in [-0.2, -0.15) is 0 Å². The number of ether oxygens (including phenoxy) is 1. The van der Waals surface area contributed by atoms with Crippen LogP contribution in [0.3, 0.4) is 0 Å². The summed E-state index contributed by atoms with van der Waals surface area (Å²) < 4.78 is 5.58. The van der Waals surface area contributed by atoms with Crippen LogP contribution in [0.2, 0.25) is 0 Å². The molecule has 0 aliphatic carbocycles. The van der Waals surface area contributed by atoms with Crippen molar-refractivity contribution in [1.29, 1.82) is 0 Å². The SMILES string of the molecule is O=C1[C@H]2CN(Cc3ccccc3)C[C@H]2C(=O)N1C[C@@H]1CCCO1. The molecule has 4 rings (SSSR count). The van der Waals surface area contributed by atoms with Gasteiger partial charge in [0.1, 0.15) is 0 Å². The molecule has 1 aromatic carbocycles. The van der Waals surface area contributed by atoms with E-state index in [2.05, 4.69) is 17.0 Å². The summed E-state index contributed by atoms with van der Waals surface area (Å²) in [7, 11) is 0. The van der Waals surface area contributed by atoms with Crippen molar-refractivity contribution in [1.82, 2.24) is 9.80 Å². The van der Waals surface area contributed by atoms with Gasteiger partial charge in [-0.05, 0) is 18.4 Å². The summed E-state index contributed by atoms with van der Waals surface area (Å²) in [6.45, 7) is 3.38. The van der Waals surface area contributed by atoms with Gasteiger partial charge in [0.25, 0.3) is 0 Å². The molecule has 122 valence electrons. The lowest BCUT2D eigenvalue weighted by atomic mass is 10.00. The number of amides is 2. The molecule has 5 nitrogen and oxygen atoms in total. The average molecular weight is 314 g/mol. The molecule has 0 N–H and O–H groups in total. The van der Waals surface area contributed by atoms with Crippen LogP contribution in [0.15, 0.2) is 30.3 Å². The molecular weight excluding hydrogens is 292 g/mol. The van der Waals surface area contributed by atoms with Crippen molar-refractivity contribution in [2.24, 2.45) is 11.8 Å². The number of likely N-dealkylation sites (tertiary alicyclic amines) is 2. The number of nitrogens with zero attached hydrogens (tertiary/aromatic N) is 2. The molecule has 0 aromatic heterocycles. The third kappa shape index (κ3) is 2.79. The van der Waals surface area contributed by atoms with Gasteiger partial charge in [-0.3, -0.25) is 19.4 Å². The van der Waals surface area contributed by atoms with E-state index in [4.69, 9.17) is 4.74 Å². The predicted octanol–water partition coefficient (Wildman–Crippen LogP) is 1.28. The van der Waals surface area contributed by atoms with Crippen molar-refractivity contribution >= 4 is 11.8 Å². The number of carbonyl (C=O) groups excluding carboxylic acids is 2. The second kappa shape index (κ2) is 6.06. The van der Waals surface area contributed by atoms with E-state index in [1.165, 1.54) is 10.5 Å². The van der Waals surface area contributed by atoms with Crippen LogP contribution in [0.4, 0.5) is 0 Å². The molecule has 2 amide bonds. The molecule has 3 heterocycles. The van der Waals surface area contributed by atoms with Gasteiger partial charge in [0.15, 0.2) is 0 Å². The number of carbonyl (C=O) groups is 2. The highest BCUT2D eigenvalue weighted by Gasteiger charge is 2.52. The zero-order valence-electron chi connectivity index (χ0n) is 13.2. The van der Waals surface area contributed by atoms with Gasteiger partial charge in [0, 0.05) is 26.2 Å². The molecule has 0 saturated carbocycles. The predicted molar refractivity (Wildman–Crippen MR) is 84.4 cm³/mol. The van der Waals surface area contributed by atoms with Crippen molar-refractivity contribution in [2.45, 2.75) is 25.5 Å². The van der Waals surface area contributed by atoms with Gasteiger partial charge in [-0.25, -0.2) is 0 Å². The number of hydrogen-bond acceptors (Lipinski definition) is 4. The first kappa shape index (κ1) is 14.8. The molecule has 23 heavy (non-hydrogen) atoms. The van der Waals surface area contributed by atoms with E-state index in [-0.39, 0.29) is 29.8 Å². The van der Waals surface area contributed by atoms with Gasteiger partial charge >= 0.3 is 0 Å². The largest absolute Gasteiger partial charge is 0.376 e. The quantitative estimate of drug-likeness (QED) is 0.786. The molecule has 0 bridgehead atoms. The van der Waals surface area contributed by atoms with Crippen LogP contribution >= 0.6 is 0 Å². The van der Waals surface area contributed by atoms with Crippen LogP contribution in [0.1, 0.15) is 18.4 Å². The van der Waals surface area contributed by atoms with Crippen LogP contribution in [-0.2, 0) is 20.9 Å². The van der Waals surface area contributed by atoms with Gasteiger partial charge in [-0.1, -0.05) is 30.3 Å². The van der Waals surface area contributed by atoms with Crippen molar-refractivity contribution in [3.05, 3.63) is 35.9 Å². The maximum atomic E-state index is 12.6. The number of benzene rings is 1. The minimum atomic E-state index is -0.160. The summed E-state index contributed by atoms with van der Waals surface area (Å²) in [4.78, 5) is 28.9. The van der Waals surface area contributed by atoms with Gasteiger partial charge in [0.2, 0.25) is 11.8 Å². The van der Waals surface area contributed by atoms with Crippen LogP contribution in [-0.4, -0.2) is 54.0 Å². The van der Waals surface area contributed by atoms with Crippen LogP contribution in [0.5, 0.6) is 0 Å². The fourth-order valence-corrected chi connectivity index (χ4v) is 4.04. The first-order chi connectivity index (χ1) is 11.2. The Labute approximate surface area is 136 Å². The smallest absolute Gasteiger partial charge is 0.234 e. The van der Waals surface area contributed by atoms with E-state index in [1.54, 1.807) is 0 Å². The number of imide groups is 1. The molecule has 1 aromatic rings. The average Bonchev–Trinajstić information content (AvgIpc) is 3.25. The van der Waals surface area contributed by atoms with E-state index in [0.717, 1.165) is 26.0 Å². The second-order valence-corrected chi connectivity index (χ2v) is 6.81. The third-order valence-electron chi connectivity index (χ3n) is 5.22. The Morgan fingerprint density at radius 1 is 1.04 bits per heavy atom. The number of rotatable bonds is 4. The monoisotopic (exact) mass is 314 g/mol. The molecule has 5 heteroatoms. The lowest BCUT2D eigenvalue weighted by Gasteiger charge is -2.22. The Bertz CT molecular complexity index is 574. The van der Waals surface area contributed by atoms with E-state index < -0.39 is 0 Å².